The third kappa shape index (κ3) is 56.2. The normalized spacial score (nSPS) is 9.23. The van der Waals surface area contributed by atoms with Crippen LogP contribution in [0.4, 0.5) is 0 Å². The average Bonchev–Trinajstić information content (AvgIpc) is 2.70. The summed E-state index contributed by atoms with van der Waals surface area (Å²) >= 11 is 0. The molecule has 11 heteroatoms. The molecule has 0 fully saturated rings. The van der Waals surface area contributed by atoms with Gasteiger partial charge in [-0.15, -0.1) is 6.54 Å². The molecule has 190 valence electrons. The van der Waals surface area contributed by atoms with Gasteiger partial charge in [0.1, 0.15) is 5.60 Å². The quantitative estimate of drug-likeness (QED) is 0.127. The molecule has 0 amide bonds. The van der Waals surface area contributed by atoms with Gasteiger partial charge in [-0.25, -0.2) is 0 Å². The van der Waals surface area contributed by atoms with Crippen LogP contribution in [0.5, 0.6) is 0 Å². The first-order valence-electron chi connectivity index (χ1n) is 9.36. The minimum Gasteiger partial charge on any atom is -0.676 e. The van der Waals surface area contributed by atoms with E-state index in [0.717, 1.165) is 0 Å². The molecule has 10 nitrogen and oxygen atoms in total. The topological polar surface area (TPSA) is 150 Å². The van der Waals surface area contributed by atoms with Crippen molar-refractivity contribution in [3.05, 3.63) is 12.7 Å². The molecule has 0 aromatic carbocycles. The Balaban J connectivity index is -0.000000124. The van der Waals surface area contributed by atoms with Crippen molar-refractivity contribution in [3.63, 3.8) is 0 Å². The van der Waals surface area contributed by atoms with Crippen LogP contribution < -0.4 is 5.73 Å². The fourth-order valence-corrected chi connectivity index (χ4v) is 1.03. The molecule has 0 aromatic rings. The molecule has 0 aromatic heterocycles. The van der Waals surface area contributed by atoms with Gasteiger partial charge in [-0.1, -0.05) is 0 Å². The van der Waals surface area contributed by atoms with Crippen LogP contribution in [0, 0.1) is 6.92 Å². The Labute approximate surface area is 176 Å². The van der Waals surface area contributed by atoms with Gasteiger partial charge in [0.25, 0.3) is 6.47 Å². The predicted octanol–water partition coefficient (Wildman–Crippen LogP) is 1.39. The third-order valence-electron chi connectivity index (χ3n) is 2.20. The first-order valence-corrected chi connectivity index (χ1v) is 9.36. The zero-order chi connectivity index (χ0) is 23.4. The van der Waals surface area contributed by atoms with Crippen LogP contribution in [-0.2, 0) is 33.3 Å². The summed E-state index contributed by atoms with van der Waals surface area (Å²) in [6.45, 7) is 14.5. The van der Waals surface area contributed by atoms with Crippen LogP contribution in [0.3, 0.4) is 0 Å². The monoisotopic (exact) mass is 683 g/mol. The maximum Gasteiger partial charge on any atom is 0.307 e. The van der Waals surface area contributed by atoms with Crippen molar-refractivity contribution in [2.24, 2.45) is 5.73 Å². The maximum absolute atomic E-state index is 10.7. The molecule has 30 heavy (non-hydrogen) atoms. The van der Waals surface area contributed by atoms with Crippen molar-refractivity contribution in [2.75, 3.05) is 66.4 Å². The molecule has 0 spiro atoms. The Hall–Kier alpha value is -2.30. The second-order valence-electron chi connectivity index (χ2n) is 5.75. The number of carbonyl (C=O) groups excluding carboxylic acids is 2. The Bertz CT molecular complexity index is 317. The molecule has 0 aliphatic heterocycles. The van der Waals surface area contributed by atoms with E-state index >= 15 is 0 Å². The second-order valence-corrected chi connectivity index (χ2v) is 5.75. The minimum absolute atomic E-state index is 0. The number of aliphatic hydroxyl groups is 1. The number of esters is 1. The standard InChI is InChI=1S/C10H21NO5.C5H10O2.C2H6NO.C2H5.Fm/c1-13-10(12)2-4-14-6-8-16-9-7-15-5-3-11;1-5(2,3)7-4-6;3-1-2-4;1-2;/h2-9,11H2,1H3;4H,1-3H3;3-4H,1-2H2;1H2,2H3;/q;;2*-1;. The first-order chi connectivity index (χ1) is 13.8. The number of hydrogen-bond donors (Lipinski definition) is 2. The van der Waals surface area contributed by atoms with Gasteiger partial charge in [-0.3, -0.25) is 9.59 Å². The number of aliphatic hydroxyl groups excluding tert-OH is 1. The molecular formula is C19H42FmN2O8-2. The molecule has 0 saturated heterocycles. The number of nitrogens with two attached hydrogens (primary N) is 1. The third-order valence-corrected chi connectivity index (χ3v) is 2.20. The summed E-state index contributed by atoms with van der Waals surface area (Å²) in [4.78, 5) is 20.3. The van der Waals surface area contributed by atoms with E-state index in [0.29, 0.717) is 52.7 Å². The molecule has 0 heterocycles. The van der Waals surface area contributed by atoms with Gasteiger partial charge in [0.15, 0.2) is 0 Å². The van der Waals surface area contributed by atoms with Crippen molar-refractivity contribution >= 4 is 12.4 Å². The van der Waals surface area contributed by atoms with Gasteiger partial charge in [0.2, 0.25) is 0 Å². The van der Waals surface area contributed by atoms with Crippen LogP contribution in [-0.4, -0.2) is 89.6 Å². The van der Waals surface area contributed by atoms with E-state index in [9.17, 15) is 9.59 Å². The van der Waals surface area contributed by atoms with Gasteiger partial charge in [0, 0.05) is 13.2 Å². The van der Waals surface area contributed by atoms with Crippen molar-refractivity contribution < 1.29 is 38.4 Å². The molecular weight excluding hydrogens is 641 g/mol. The molecule has 0 unspecified atom stereocenters. The van der Waals surface area contributed by atoms with Crippen LogP contribution in [0.25, 0.3) is 5.73 Å². The Kier molecular flexibility index (Phi) is 43.7. The predicted molar refractivity (Wildman–Crippen MR) is 112 cm³/mol. The number of methoxy groups -OCH3 is 1. The first kappa shape index (κ1) is 38.3. The Morgan fingerprint density at radius 3 is 1.70 bits per heavy atom. The summed E-state index contributed by atoms with van der Waals surface area (Å²) in [6, 6.07) is 0. The molecule has 0 aliphatic carbocycles. The van der Waals surface area contributed by atoms with Gasteiger partial charge >= 0.3 is 5.97 Å². The molecule has 0 atom stereocenters. The average molecular weight is 684 g/mol. The van der Waals surface area contributed by atoms with E-state index < -0.39 is 0 Å². The Morgan fingerprint density at radius 1 is 1.03 bits per heavy atom. The summed E-state index contributed by atoms with van der Waals surface area (Å²) in [5.74, 6) is -0.267. The summed E-state index contributed by atoms with van der Waals surface area (Å²) < 4.78 is 24.5. The second kappa shape index (κ2) is 34.2. The van der Waals surface area contributed by atoms with E-state index in [4.69, 9.17) is 30.8 Å². The van der Waals surface area contributed by atoms with E-state index in [2.05, 4.69) is 16.4 Å². The number of carbonyl (C=O) groups is 2. The maximum atomic E-state index is 10.7. The van der Waals surface area contributed by atoms with Crippen molar-refractivity contribution in [1.82, 2.24) is 0 Å². The summed E-state index contributed by atoms with van der Waals surface area (Å²) in [6.07, 6.45) is 0.274. The van der Waals surface area contributed by atoms with Gasteiger partial charge in [-0.2, -0.15) is 6.92 Å². The fraction of sp³-hybridized carbons (Fsp3) is 0.842. The van der Waals surface area contributed by atoms with Gasteiger partial charge < -0.3 is 47.2 Å². The van der Waals surface area contributed by atoms with E-state index in [-0.39, 0.29) is 31.1 Å². The van der Waals surface area contributed by atoms with Gasteiger partial charge in [0.05, 0.1) is 53.2 Å². The molecule has 0 radical (unpaired) electrons. The SMILES string of the molecule is CC(C)(C)OC=O.COC(=O)CCOCCOCCOCCN.[CH2-]C.[Fm].[NH-]CCO. The fourth-order valence-electron chi connectivity index (χ4n) is 1.03. The molecule has 0 aliphatic rings. The van der Waals surface area contributed by atoms with E-state index in [1.807, 2.05) is 20.8 Å². The molecule has 0 saturated carbocycles. The number of nitrogens with one attached hydrogen (secondary N) is 1. The largest absolute Gasteiger partial charge is 0.676 e. The van der Waals surface area contributed by atoms with Crippen LogP contribution >= 0.6 is 0 Å². The van der Waals surface area contributed by atoms with E-state index in [1.165, 1.54) is 7.11 Å². The van der Waals surface area contributed by atoms with Crippen molar-refractivity contribution in [3.8, 4) is 0 Å². The molecule has 0 bridgehead atoms. The number of rotatable bonds is 13. The smallest absolute Gasteiger partial charge is 0.307 e. The Morgan fingerprint density at radius 2 is 1.43 bits per heavy atom. The van der Waals surface area contributed by atoms with E-state index in [1.54, 1.807) is 6.92 Å². The molecule has 4 N–H and O–H groups in total. The van der Waals surface area contributed by atoms with Crippen molar-refractivity contribution in [2.45, 2.75) is 39.7 Å². The van der Waals surface area contributed by atoms with Gasteiger partial charge in [-0.05, 0) is 20.8 Å². The summed E-state index contributed by atoms with van der Waals surface area (Å²) in [7, 11) is 1.35. The van der Waals surface area contributed by atoms with Crippen molar-refractivity contribution in [1.29, 1.82) is 0 Å². The zero-order valence-corrected chi connectivity index (χ0v) is 21.4. The number of hydrogen-bond acceptors (Lipinski definition) is 9. The summed E-state index contributed by atoms with van der Waals surface area (Å²) in [5, 5.41) is 7.69. The molecule has 0 rings (SSSR count). The minimum atomic E-state index is -0.318. The van der Waals surface area contributed by atoms with Crippen LogP contribution in [0.2, 0.25) is 0 Å². The summed E-state index contributed by atoms with van der Waals surface area (Å²) in [5.41, 5.74) is 11.1. The van der Waals surface area contributed by atoms with Crippen LogP contribution in [0.15, 0.2) is 0 Å². The van der Waals surface area contributed by atoms with Crippen LogP contribution in [0.1, 0.15) is 34.1 Å². The zero-order valence-electron chi connectivity index (χ0n) is 19.0. The number of ether oxygens (including phenoxy) is 5.